The van der Waals surface area contributed by atoms with E-state index in [1.807, 2.05) is 30.3 Å². The first kappa shape index (κ1) is 37.5. The molecule has 11 heteroatoms. The summed E-state index contributed by atoms with van der Waals surface area (Å²) in [6.07, 6.45) is 1.10. The Morgan fingerprint density at radius 3 is 1.60 bits per heavy atom. The first-order valence-electron chi connectivity index (χ1n) is 15.1. The molecule has 0 spiro atoms. The van der Waals surface area contributed by atoms with Crippen LogP contribution in [0.3, 0.4) is 0 Å². The van der Waals surface area contributed by atoms with Gasteiger partial charge in [-0.05, 0) is 100.0 Å². The average Bonchev–Trinajstić information content (AvgIpc) is 2.84. The van der Waals surface area contributed by atoms with Crippen molar-refractivity contribution in [1.82, 2.24) is 21.3 Å². The minimum Gasteiger partial charge on any atom is -0.444 e. The van der Waals surface area contributed by atoms with Crippen LogP contribution in [0.1, 0.15) is 93.6 Å². The largest absolute Gasteiger partial charge is 0.444 e. The third-order valence-corrected chi connectivity index (χ3v) is 5.73. The zero-order valence-electron chi connectivity index (χ0n) is 27.6. The topological polar surface area (TPSA) is 144 Å². The van der Waals surface area contributed by atoms with E-state index in [-0.39, 0.29) is 18.4 Å². The Bertz CT molecular complexity index is 1010. The molecule has 0 saturated carbocycles. The van der Waals surface area contributed by atoms with E-state index in [4.69, 9.17) is 14.2 Å². The van der Waals surface area contributed by atoms with E-state index in [9.17, 15) is 19.2 Å². The molecule has 2 atom stereocenters. The lowest BCUT2D eigenvalue weighted by atomic mass is 9.93. The number of hydrogen-bond acceptors (Lipinski definition) is 7. The quantitative estimate of drug-likeness (QED) is 0.162. The fourth-order valence-electron chi connectivity index (χ4n) is 4.00. The summed E-state index contributed by atoms with van der Waals surface area (Å²) in [5.74, 6) is -0.497. The third-order valence-electron chi connectivity index (χ3n) is 5.73. The zero-order valence-corrected chi connectivity index (χ0v) is 27.6. The number of hydrogen-bond donors (Lipinski definition) is 4. The van der Waals surface area contributed by atoms with Crippen molar-refractivity contribution in [2.45, 2.75) is 117 Å². The number of rotatable bonds is 14. The number of alkyl carbamates (subject to hydrolysis) is 3. The Morgan fingerprint density at radius 1 is 0.651 bits per heavy atom. The van der Waals surface area contributed by atoms with Gasteiger partial charge >= 0.3 is 18.3 Å². The van der Waals surface area contributed by atoms with Gasteiger partial charge in [-0.2, -0.15) is 0 Å². The van der Waals surface area contributed by atoms with E-state index in [0.29, 0.717) is 45.2 Å². The number of amides is 4. The molecule has 0 bridgehead atoms. The minimum atomic E-state index is -0.676. The molecule has 1 aromatic carbocycles. The van der Waals surface area contributed by atoms with Crippen LogP contribution in [0.4, 0.5) is 14.4 Å². The lowest BCUT2D eigenvalue weighted by Gasteiger charge is -2.25. The van der Waals surface area contributed by atoms with E-state index in [1.165, 1.54) is 0 Å². The van der Waals surface area contributed by atoms with Crippen molar-refractivity contribution in [3.8, 4) is 0 Å². The number of carbonyl (C=O) groups excluding carboxylic acids is 4. The van der Waals surface area contributed by atoms with Gasteiger partial charge in [0.05, 0.1) is 0 Å². The molecule has 11 nitrogen and oxygen atoms in total. The number of carbonyl (C=O) groups is 4. The maximum absolute atomic E-state index is 13.4. The maximum Gasteiger partial charge on any atom is 0.407 e. The van der Waals surface area contributed by atoms with Crippen LogP contribution in [0, 0.1) is 5.92 Å². The zero-order chi connectivity index (χ0) is 32.7. The molecule has 0 radical (unpaired) electrons. The molecule has 0 saturated heterocycles. The maximum atomic E-state index is 13.4. The van der Waals surface area contributed by atoms with E-state index in [2.05, 4.69) is 21.3 Å². The molecule has 1 rings (SSSR count). The Balaban J connectivity index is 2.80. The van der Waals surface area contributed by atoms with Crippen LogP contribution in [0.5, 0.6) is 0 Å². The smallest absolute Gasteiger partial charge is 0.407 e. The predicted octanol–water partition coefficient (Wildman–Crippen LogP) is 5.46. The monoisotopic (exact) mass is 606 g/mol. The lowest BCUT2D eigenvalue weighted by molar-refractivity contribution is -0.125. The summed E-state index contributed by atoms with van der Waals surface area (Å²) in [6, 6.07) is 9.31. The summed E-state index contributed by atoms with van der Waals surface area (Å²) in [5, 5.41) is 11.3. The van der Waals surface area contributed by atoms with Gasteiger partial charge in [0.1, 0.15) is 16.8 Å². The van der Waals surface area contributed by atoms with Crippen LogP contribution in [0.15, 0.2) is 30.3 Å². The van der Waals surface area contributed by atoms with Crippen LogP contribution in [-0.4, -0.2) is 66.7 Å². The van der Waals surface area contributed by atoms with Gasteiger partial charge < -0.3 is 35.5 Å². The van der Waals surface area contributed by atoms with Gasteiger partial charge in [0, 0.05) is 31.6 Å². The SMILES string of the molecule is CC(C)(C)OC(=O)NCCCC(Cc1ccccc1)C(=O)NC[C@H](CCCNC(=O)OC(C)(C)C)NC(=O)OC(C)(C)C. The molecule has 244 valence electrons. The normalized spacial score (nSPS) is 13.2. The Kier molecular flexibility index (Phi) is 15.3. The summed E-state index contributed by atoms with van der Waals surface area (Å²) in [5.41, 5.74) is -0.837. The molecule has 4 N–H and O–H groups in total. The highest BCUT2D eigenvalue weighted by atomic mass is 16.6. The molecule has 0 aromatic heterocycles. The summed E-state index contributed by atoms with van der Waals surface area (Å²) >= 11 is 0. The lowest BCUT2D eigenvalue weighted by Crippen LogP contribution is -2.47. The van der Waals surface area contributed by atoms with Crippen LogP contribution >= 0.6 is 0 Å². The van der Waals surface area contributed by atoms with Crippen LogP contribution in [-0.2, 0) is 25.4 Å². The summed E-state index contributed by atoms with van der Waals surface area (Å²) < 4.78 is 16.0. The van der Waals surface area contributed by atoms with Crippen LogP contribution in [0.25, 0.3) is 0 Å². The molecular formula is C32H54N4O7. The van der Waals surface area contributed by atoms with Gasteiger partial charge in [-0.3, -0.25) is 4.79 Å². The van der Waals surface area contributed by atoms with Gasteiger partial charge in [-0.25, -0.2) is 14.4 Å². The molecule has 0 fully saturated rings. The van der Waals surface area contributed by atoms with Crippen molar-refractivity contribution in [2.75, 3.05) is 19.6 Å². The molecule has 43 heavy (non-hydrogen) atoms. The van der Waals surface area contributed by atoms with Crippen molar-refractivity contribution in [3.05, 3.63) is 35.9 Å². The summed E-state index contributed by atoms with van der Waals surface area (Å²) in [7, 11) is 0. The molecule has 1 aromatic rings. The van der Waals surface area contributed by atoms with Gasteiger partial charge in [0.2, 0.25) is 5.91 Å². The highest BCUT2D eigenvalue weighted by Gasteiger charge is 2.24. The summed E-state index contributed by atoms with van der Waals surface area (Å²) in [6.45, 7) is 17.0. The predicted molar refractivity (Wildman–Crippen MR) is 167 cm³/mol. The number of benzene rings is 1. The second-order valence-electron chi connectivity index (χ2n) is 13.6. The number of nitrogens with one attached hydrogen (secondary N) is 4. The van der Waals surface area contributed by atoms with Crippen LogP contribution in [0.2, 0.25) is 0 Å². The molecular weight excluding hydrogens is 552 g/mol. The Labute approximate surface area is 257 Å². The second kappa shape index (κ2) is 17.6. The molecule has 0 aliphatic carbocycles. The Morgan fingerprint density at radius 2 is 1.12 bits per heavy atom. The molecule has 0 aliphatic heterocycles. The van der Waals surface area contributed by atoms with E-state index in [0.717, 1.165) is 5.56 Å². The molecule has 0 aliphatic rings. The van der Waals surface area contributed by atoms with E-state index >= 15 is 0 Å². The average molecular weight is 607 g/mol. The minimum absolute atomic E-state index is 0.149. The highest BCUT2D eigenvalue weighted by molar-refractivity contribution is 5.79. The molecule has 0 heterocycles. The van der Waals surface area contributed by atoms with E-state index in [1.54, 1.807) is 62.3 Å². The fourth-order valence-corrected chi connectivity index (χ4v) is 4.00. The fraction of sp³-hybridized carbons (Fsp3) is 0.688. The van der Waals surface area contributed by atoms with Crippen molar-refractivity contribution >= 4 is 24.2 Å². The highest BCUT2D eigenvalue weighted by Crippen LogP contribution is 2.16. The third kappa shape index (κ3) is 20.1. The number of ether oxygens (including phenoxy) is 3. The van der Waals surface area contributed by atoms with Crippen molar-refractivity contribution < 1.29 is 33.4 Å². The van der Waals surface area contributed by atoms with Crippen molar-refractivity contribution in [2.24, 2.45) is 5.92 Å². The van der Waals surface area contributed by atoms with Gasteiger partial charge in [-0.1, -0.05) is 30.3 Å². The first-order valence-corrected chi connectivity index (χ1v) is 15.1. The van der Waals surface area contributed by atoms with Crippen LogP contribution < -0.4 is 21.3 Å². The van der Waals surface area contributed by atoms with Gasteiger partial charge in [-0.15, -0.1) is 0 Å². The van der Waals surface area contributed by atoms with Gasteiger partial charge in [0.15, 0.2) is 0 Å². The molecule has 1 unspecified atom stereocenters. The second-order valence-corrected chi connectivity index (χ2v) is 13.6. The van der Waals surface area contributed by atoms with Crippen molar-refractivity contribution in [1.29, 1.82) is 0 Å². The van der Waals surface area contributed by atoms with E-state index < -0.39 is 41.1 Å². The first-order chi connectivity index (χ1) is 19.8. The van der Waals surface area contributed by atoms with Crippen molar-refractivity contribution in [3.63, 3.8) is 0 Å². The molecule has 4 amide bonds. The van der Waals surface area contributed by atoms with Gasteiger partial charge in [0.25, 0.3) is 0 Å². The Hall–Kier alpha value is -3.50. The standard InChI is InChI=1S/C32H54N4O7/c1-30(2,3)41-27(38)33-19-13-17-24(21-23-15-11-10-12-16-23)26(37)35-22-25(36-29(40)43-32(7,8)9)18-14-20-34-28(39)42-31(4,5)6/h10-12,15-16,24-25H,13-14,17-22H2,1-9H3,(H,33,38)(H,34,39)(H,35,37)(H,36,40)/t24?,25-/m0/s1. The summed E-state index contributed by atoms with van der Waals surface area (Å²) in [4.78, 5) is 49.9.